The van der Waals surface area contributed by atoms with Crippen LogP contribution in [0.4, 0.5) is 17.3 Å². The first-order chi connectivity index (χ1) is 16.2. The first kappa shape index (κ1) is 25.5. The number of hydrogen-bond donors (Lipinski definition) is 4. The van der Waals surface area contributed by atoms with E-state index in [1.165, 1.54) is 25.1 Å². The summed E-state index contributed by atoms with van der Waals surface area (Å²) >= 11 is 6.39. The maximum atomic E-state index is 12.5. The molecule has 0 aromatic carbocycles. The smallest absolute Gasteiger partial charge is 0.339 e. The molecular weight excluding hydrogens is 570 g/mol. The molecule has 12 heteroatoms. The monoisotopic (exact) mass is 591 g/mol. The number of amides is 1. The van der Waals surface area contributed by atoms with Gasteiger partial charge in [-0.2, -0.15) is 0 Å². The summed E-state index contributed by atoms with van der Waals surface area (Å²) in [5.41, 5.74) is 13.2. The van der Waals surface area contributed by atoms with Crippen LogP contribution in [0.2, 0.25) is 0 Å². The normalized spacial score (nSPS) is 13.1. The molecule has 3 aromatic rings. The second-order valence-corrected chi connectivity index (χ2v) is 9.28. The van der Waals surface area contributed by atoms with Gasteiger partial charge in [0.25, 0.3) is 5.91 Å². The summed E-state index contributed by atoms with van der Waals surface area (Å²) in [5, 5.41) is 11.4. The number of aromatic nitrogens is 3. The number of nitrogens with zero attached hydrogens (tertiary/aromatic N) is 4. The van der Waals surface area contributed by atoms with Gasteiger partial charge in [0.05, 0.1) is 17.4 Å². The van der Waals surface area contributed by atoms with Crippen molar-refractivity contribution < 1.29 is 14.7 Å². The van der Waals surface area contributed by atoms with Gasteiger partial charge < -0.3 is 21.9 Å². The molecule has 0 bridgehead atoms. The standard InChI is InChI=1S/C16H18BrN5O.C6H5BrN2O2/c17-12-7-13(15(18)20-8-12)16(23)21-14-9-19-4-3-11(14)10-22-5-1-2-6-22;7-3-1-4(6(10)11)5(8)9-2-3/h3-4,7-9H,1-2,5-6,10H2,(H2,18,20)(H,21,23);1-2H,(H2,8,9)(H,10,11). The molecule has 1 aliphatic rings. The Morgan fingerprint density at radius 3 is 2.18 bits per heavy atom. The number of rotatable bonds is 5. The summed E-state index contributed by atoms with van der Waals surface area (Å²) in [6.45, 7) is 3.00. The molecule has 0 atom stereocenters. The van der Waals surface area contributed by atoms with Crippen molar-refractivity contribution >= 4 is 61.1 Å². The molecule has 178 valence electrons. The third-order valence-corrected chi connectivity index (χ3v) is 5.86. The van der Waals surface area contributed by atoms with E-state index >= 15 is 0 Å². The van der Waals surface area contributed by atoms with Gasteiger partial charge in [0, 0.05) is 34.1 Å². The zero-order chi connectivity index (χ0) is 24.7. The van der Waals surface area contributed by atoms with E-state index in [-0.39, 0.29) is 23.1 Å². The molecule has 0 unspecified atom stereocenters. The number of halogens is 2. The highest BCUT2D eigenvalue weighted by atomic mass is 79.9. The van der Waals surface area contributed by atoms with Crippen LogP contribution in [0, 0.1) is 0 Å². The van der Waals surface area contributed by atoms with Gasteiger partial charge in [-0.3, -0.25) is 14.7 Å². The number of anilines is 3. The fourth-order valence-corrected chi connectivity index (χ4v) is 3.96. The van der Waals surface area contributed by atoms with E-state index < -0.39 is 5.97 Å². The Morgan fingerprint density at radius 1 is 1.00 bits per heavy atom. The van der Waals surface area contributed by atoms with E-state index in [0.29, 0.717) is 20.2 Å². The van der Waals surface area contributed by atoms with Crippen molar-refractivity contribution in [3.05, 3.63) is 68.6 Å². The Hall–Kier alpha value is -3.09. The minimum absolute atomic E-state index is 0.0133. The average molecular weight is 593 g/mol. The maximum absolute atomic E-state index is 12.5. The van der Waals surface area contributed by atoms with Crippen LogP contribution < -0.4 is 16.8 Å². The number of carboxylic acid groups (broad SMARTS) is 1. The van der Waals surface area contributed by atoms with E-state index in [0.717, 1.165) is 25.2 Å². The highest BCUT2D eigenvalue weighted by Crippen LogP contribution is 2.22. The van der Waals surface area contributed by atoms with Gasteiger partial charge >= 0.3 is 5.97 Å². The lowest BCUT2D eigenvalue weighted by Crippen LogP contribution is -2.21. The zero-order valence-corrected chi connectivity index (χ0v) is 21.2. The number of hydrogen-bond acceptors (Lipinski definition) is 8. The Kier molecular flexibility index (Phi) is 8.91. The number of nitrogen functional groups attached to an aromatic ring is 2. The fraction of sp³-hybridized carbons (Fsp3) is 0.227. The van der Waals surface area contributed by atoms with Crippen molar-refractivity contribution in [2.45, 2.75) is 19.4 Å². The molecule has 0 radical (unpaired) electrons. The Labute approximate surface area is 213 Å². The van der Waals surface area contributed by atoms with Crippen LogP contribution >= 0.6 is 31.9 Å². The number of carboxylic acids is 1. The highest BCUT2D eigenvalue weighted by molar-refractivity contribution is 9.10. The maximum Gasteiger partial charge on any atom is 0.339 e. The predicted molar refractivity (Wildman–Crippen MR) is 136 cm³/mol. The number of carbonyl (C=O) groups excluding carboxylic acids is 1. The van der Waals surface area contributed by atoms with E-state index in [9.17, 15) is 9.59 Å². The van der Waals surface area contributed by atoms with Crippen LogP contribution in [0.15, 0.2) is 51.9 Å². The molecule has 1 fully saturated rings. The summed E-state index contributed by atoms with van der Waals surface area (Å²) in [6.07, 6.45) is 8.89. The van der Waals surface area contributed by atoms with Crippen LogP contribution in [0.5, 0.6) is 0 Å². The van der Waals surface area contributed by atoms with Gasteiger partial charge in [0.2, 0.25) is 0 Å². The van der Waals surface area contributed by atoms with E-state index in [1.807, 2.05) is 6.07 Å². The first-order valence-corrected chi connectivity index (χ1v) is 11.8. The van der Waals surface area contributed by atoms with Gasteiger partial charge in [0.1, 0.15) is 17.2 Å². The molecule has 34 heavy (non-hydrogen) atoms. The molecule has 0 spiro atoms. The number of nitrogens with one attached hydrogen (secondary N) is 1. The lowest BCUT2D eigenvalue weighted by atomic mass is 10.2. The predicted octanol–water partition coefficient (Wildman–Crippen LogP) is 3.79. The summed E-state index contributed by atoms with van der Waals surface area (Å²) in [6, 6.07) is 5.01. The Balaban J connectivity index is 0.000000248. The van der Waals surface area contributed by atoms with Crippen molar-refractivity contribution in [1.82, 2.24) is 19.9 Å². The van der Waals surface area contributed by atoms with Crippen molar-refractivity contribution in [3.8, 4) is 0 Å². The summed E-state index contributed by atoms with van der Waals surface area (Å²) in [7, 11) is 0. The lowest BCUT2D eigenvalue weighted by Gasteiger charge is -2.17. The van der Waals surface area contributed by atoms with Gasteiger partial charge in [-0.15, -0.1) is 0 Å². The molecule has 1 amide bonds. The molecule has 3 aromatic heterocycles. The zero-order valence-electron chi connectivity index (χ0n) is 18.0. The van der Waals surface area contributed by atoms with Crippen molar-refractivity contribution in [2.24, 2.45) is 0 Å². The van der Waals surface area contributed by atoms with E-state index in [4.69, 9.17) is 16.6 Å². The second kappa shape index (κ2) is 11.9. The van der Waals surface area contributed by atoms with Gasteiger partial charge in [-0.1, -0.05) is 0 Å². The summed E-state index contributed by atoms with van der Waals surface area (Å²) in [5.74, 6) is -1.13. The SMILES string of the molecule is Nc1ncc(Br)cc1C(=O)Nc1cnccc1CN1CCCC1.Nc1ncc(Br)cc1C(=O)O. The molecule has 0 aliphatic carbocycles. The number of aromatic carboxylic acids is 1. The third kappa shape index (κ3) is 6.95. The van der Waals surface area contributed by atoms with E-state index in [1.54, 1.807) is 24.7 Å². The second-order valence-electron chi connectivity index (χ2n) is 7.45. The Morgan fingerprint density at radius 2 is 1.59 bits per heavy atom. The molecule has 10 nitrogen and oxygen atoms in total. The molecular formula is C22H23Br2N7O3. The van der Waals surface area contributed by atoms with Gasteiger partial charge in [-0.05, 0) is 81.6 Å². The first-order valence-electron chi connectivity index (χ1n) is 10.3. The molecule has 0 saturated carbocycles. The molecule has 1 saturated heterocycles. The molecule has 4 rings (SSSR count). The van der Waals surface area contributed by atoms with Crippen LogP contribution in [-0.2, 0) is 6.54 Å². The third-order valence-electron chi connectivity index (χ3n) is 5.00. The number of nitrogens with two attached hydrogens (primary N) is 2. The molecule has 1 aliphatic heterocycles. The van der Waals surface area contributed by atoms with Gasteiger partial charge in [-0.25, -0.2) is 14.8 Å². The van der Waals surface area contributed by atoms with Crippen molar-refractivity contribution in [1.29, 1.82) is 0 Å². The van der Waals surface area contributed by atoms with Crippen LogP contribution in [0.3, 0.4) is 0 Å². The van der Waals surface area contributed by atoms with E-state index in [2.05, 4.69) is 57.0 Å². The topological polar surface area (TPSA) is 160 Å². The fourth-order valence-electron chi connectivity index (χ4n) is 3.30. The van der Waals surface area contributed by atoms with Crippen molar-refractivity contribution in [3.63, 3.8) is 0 Å². The van der Waals surface area contributed by atoms with Crippen LogP contribution in [0.25, 0.3) is 0 Å². The van der Waals surface area contributed by atoms with Gasteiger partial charge in [0.15, 0.2) is 0 Å². The van der Waals surface area contributed by atoms with Crippen LogP contribution in [-0.4, -0.2) is 49.9 Å². The van der Waals surface area contributed by atoms with Crippen molar-refractivity contribution in [2.75, 3.05) is 29.9 Å². The number of carbonyl (C=O) groups is 2. The minimum atomic E-state index is -1.07. The van der Waals surface area contributed by atoms with Crippen LogP contribution in [0.1, 0.15) is 39.1 Å². The molecule has 4 heterocycles. The quantitative estimate of drug-likeness (QED) is 0.345. The Bertz CT molecular complexity index is 1190. The summed E-state index contributed by atoms with van der Waals surface area (Å²) < 4.78 is 1.31. The molecule has 6 N–H and O–H groups in total. The average Bonchev–Trinajstić information content (AvgIpc) is 3.32. The minimum Gasteiger partial charge on any atom is -0.478 e. The number of likely N-dealkylation sites (tertiary alicyclic amines) is 1. The number of pyridine rings is 3. The summed E-state index contributed by atoms with van der Waals surface area (Å²) in [4.78, 5) is 37.1. The largest absolute Gasteiger partial charge is 0.478 e. The lowest BCUT2D eigenvalue weighted by molar-refractivity contribution is 0.0697. The highest BCUT2D eigenvalue weighted by Gasteiger charge is 2.17.